The van der Waals surface area contributed by atoms with Gasteiger partial charge in [0.2, 0.25) is 11.6 Å². The lowest BCUT2D eigenvalue weighted by Gasteiger charge is -2.13. The van der Waals surface area contributed by atoms with Crippen molar-refractivity contribution in [2.24, 2.45) is 0 Å². The highest BCUT2D eigenvalue weighted by Gasteiger charge is 2.24. The van der Waals surface area contributed by atoms with E-state index in [9.17, 15) is 10.1 Å². The molecule has 0 spiro atoms. The molecule has 2 rings (SSSR count). The Morgan fingerprint density at radius 3 is 2.73 bits per heavy atom. The molecule has 2 N–H and O–H groups in total. The molecule has 22 heavy (non-hydrogen) atoms. The number of halogens is 1. The van der Waals surface area contributed by atoms with Gasteiger partial charge in [0.1, 0.15) is 6.33 Å². The highest BCUT2D eigenvalue weighted by molar-refractivity contribution is 6.32. The van der Waals surface area contributed by atoms with Crippen LogP contribution in [0.2, 0.25) is 5.15 Å². The monoisotopic (exact) mass is 322 g/mol. The first-order valence-corrected chi connectivity index (χ1v) is 7.04. The van der Waals surface area contributed by atoms with E-state index in [4.69, 9.17) is 11.6 Å². The molecule has 0 fully saturated rings. The van der Waals surface area contributed by atoms with Crippen molar-refractivity contribution in [1.29, 1.82) is 0 Å². The van der Waals surface area contributed by atoms with Crippen molar-refractivity contribution in [3.63, 3.8) is 0 Å². The van der Waals surface area contributed by atoms with Gasteiger partial charge in [-0.3, -0.25) is 10.1 Å². The summed E-state index contributed by atoms with van der Waals surface area (Å²) in [4.78, 5) is 22.7. The van der Waals surface area contributed by atoms with E-state index >= 15 is 0 Å². The van der Waals surface area contributed by atoms with Crippen LogP contribution in [0.15, 0.2) is 24.7 Å². The second kappa shape index (κ2) is 6.99. The topological polar surface area (TPSA) is 106 Å². The molecule has 0 aliphatic rings. The molecule has 9 heteroatoms. The molecule has 0 aromatic carbocycles. The Kier molecular flexibility index (Phi) is 5.05. The normalized spacial score (nSPS) is 11.8. The molecule has 2 aromatic heterocycles. The highest BCUT2D eigenvalue weighted by atomic mass is 35.5. The molecule has 0 saturated carbocycles. The van der Waals surface area contributed by atoms with E-state index in [2.05, 4.69) is 25.6 Å². The third kappa shape index (κ3) is 3.59. The zero-order valence-electron chi connectivity index (χ0n) is 12.1. The van der Waals surface area contributed by atoms with Crippen LogP contribution in [0.25, 0.3) is 0 Å². The zero-order chi connectivity index (χ0) is 16.1. The van der Waals surface area contributed by atoms with Crippen LogP contribution in [0.5, 0.6) is 0 Å². The van der Waals surface area contributed by atoms with Crippen LogP contribution in [-0.4, -0.2) is 25.9 Å². The zero-order valence-corrected chi connectivity index (χ0v) is 12.8. The van der Waals surface area contributed by atoms with Crippen molar-refractivity contribution in [1.82, 2.24) is 15.0 Å². The Morgan fingerprint density at radius 2 is 2.09 bits per heavy atom. The van der Waals surface area contributed by atoms with Crippen molar-refractivity contribution in [2.75, 3.05) is 10.6 Å². The molecule has 0 aliphatic heterocycles. The Labute approximate surface area is 132 Å². The molecule has 1 unspecified atom stereocenters. The fourth-order valence-electron chi connectivity index (χ4n) is 1.69. The largest absolute Gasteiger partial charge is 0.362 e. The van der Waals surface area contributed by atoms with E-state index in [0.29, 0.717) is 5.69 Å². The van der Waals surface area contributed by atoms with Crippen LogP contribution in [0.4, 0.5) is 23.0 Å². The van der Waals surface area contributed by atoms with Crippen LogP contribution >= 0.6 is 11.6 Å². The molecule has 8 nitrogen and oxygen atoms in total. The molecule has 0 amide bonds. The lowest BCUT2D eigenvalue weighted by atomic mass is 10.2. The first-order chi connectivity index (χ1) is 10.5. The standard InChI is InChI=1S/C13H15ClN6O2/c1-3-8(2)18-12-10(20(21)22)13(17-7-16-12)19-9-5-4-6-15-11(9)14/h4-8H,3H2,1-2H3,(H2,16,17,18,19). The molecular formula is C13H15ClN6O2. The van der Waals surface area contributed by atoms with Crippen LogP contribution < -0.4 is 10.6 Å². The number of hydrogen-bond donors (Lipinski definition) is 2. The number of nitrogens with one attached hydrogen (secondary N) is 2. The third-order valence-electron chi connectivity index (χ3n) is 3.01. The van der Waals surface area contributed by atoms with Gasteiger partial charge in [-0.1, -0.05) is 18.5 Å². The van der Waals surface area contributed by atoms with Gasteiger partial charge in [0.15, 0.2) is 5.15 Å². The number of rotatable bonds is 6. The van der Waals surface area contributed by atoms with Crippen LogP contribution in [0.1, 0.15) is 20.3 Å². The van der Waals surface area contributed by atoms with Gasteiger partial charge in [-0.2, -0.15) is 0 Å². The third-order valence-corrected chi connectivity index (χ3v) is 3.31. The van der Waals surface area contributed by atoms with Crippen LogP contribution in [0.3, 0.4) is 0 Å². The van der Waals surface area contributed by atoms with E-state index in [1.165, 1.54) is 12.5 Å². The van der Waals surface area contributed by atoms with Gasteiger partial charge in [0, 0.05) is 12.2 Å². The van der Waals surface area contributed by atoms with E-state index in [1.54, 1.807) is 12.1 Å². The van der Waals surface area contributed by atoms with Gasteiger partial charge in [0.05, 0.1) is 10.6 Å². The van der Waals surface area contributed by atoms with Crippen molar-refractivity contribution in [3.8, 4) is 0 Å². The van der Waals surface area contributed by atoms with Crippen LogP contribution in [-0.2, 0) is 0 Å². The van der Waals surface area contributed by atoms with Gasteiger partial charge in [-0.25, -0.2) is 15.0 Å². The lowest BCUT2D eigenvalue weighted by molar-refractivity contribution is -0.383. The number of hydrogen-bond acceptors (Lipinski definition) is 7. The summed E-state index contributed by atoms with van der Waals surface area (Å²) in [6.45, 7) is 3.89. The highest BCUT2D eigenvalue weighted by Crippen LogP contribution is 2.32. The maximum atomic E-state index is 11.4. The summed E-state index contributed by atoms with van der Waals surface area (Å²) in [6.07, 6.45) is 3.58. The summed E-state index contributed by atoms with van der Waals surface area (Å²) >= 11 is 5.95. The summed E-state index contributed by atoms with van der Waals surface area (Å²) in [5, 5.41) is 17.4. The molecule has 2 aromatic rings. The van der Waals surface area contributed by atoms with Crippen molar-refractivity contribution in [2.45, 2.75) is 26.3 Å². The Bertz CT molecular complexity index is 681. The van der Waals surface area contributed by atoms with Crippen molar-refractivity contribution >= 4 is 34.6 Å². The summed E-state index contributed by atoms with van der Waals surface area (Å²) in [7, 11) is 0. The molecule has 2 heterocycles. The average molecular weight is 323 g/mol. The minimum Gasteiger partial charge on any atom is -0.362 e. The number of aromatic nitrogens is 3. The summed E-state index contributed by atoms with van der Waals surface area (Å²) in [5.74, 6) is 0.220. The van der Waals surface area contributed by atoms with Crippen LogP contribution in [0, 0.1) is 10.1 Å². The SMILES string of the molecule is CCC(C)Nc1ncnc(Nc2cccnc2Cl)c1[N+](=O)[O-]. The molecule has 0 aliphatic carbocycles. The maximum absolute atomic E-state index is 11.4. The quantitative estimate of drug-likeness (QED) is 0.477. The van der Waals surface area contributed by atoms with Gasteiger partial charge in [0.25, 0.3) is 0 Å². The Balaban J connectivity index is 2.41. The Hall–Kier alpha value is -2.48. The van der Waals surface area contributed by atoms with Gasteiger partial charge in [-0.05, 0) is 25.5 Å². The summed E-state index contributed by atoms with van der Waals surface area (Å²) < 4.78 is 0. The molecule has 0 bridgehead atoms. The number of anilines is 3. The average Bonchev–Trinajstić information content (AvgIpc) is 2.49. The predicted octanol–water partition coefficient (Wildman–Crippen LogP) is 3.39. The molecule has 0 saturated heterocycles. The number of nitro groups is 1. The van der Waals surface area contributed by atoms with E-state index in [0.717, 1.165) is 6.42 Å². The number of nitrogens with zero attached hydrogens (tertiary/aromatic N) is 4. The molecule has 0 radical (unpaired) electrons. The van der Waals surface area contributed by atoms with Crippen molar-refractivity contribution in [3.05, 3.63) is 39.9 Å². The number of pyridine rings is 1. The second-order valence-corrected chi connectivity index (χ2v) is 4.96. The van der Waals surface area contributed by atoms with Gasteiger partial charge < -0.3 is 10.6 Å². The lowest BCUT2D eigenvalue weighted by Crippen LogP contribution is -2.16. The molecule has 116 valence electrons. The maximum Gasteiger partial charge on any atom is 0.353 e. The van der Waals surface area contributed by atoms with E-state index in [-0.39, 0.29) is 28.5 Å². The first-order valence-electron chi connectivity index (χ1n) is 6.66. The fraction of sp³-hybridized carbons (Fsp3) is 0.308. The molecule has 1 atom stereocenters. The minimum atomic E-state index is -0.530. The van der Waals surface area contributed by atoms with E-state index in [1.807, 2.05) is 13.8 Å². The summed E-state index contributed by atoms with van der Waals surface area (Å²) in [5.41, 5.74) is 0.197. The molecular weight excluding hydrogens is 308 g/mol. The second-order valence-electron chi connectivity index (χ2n) is 4.60. The minimum absolute atomic E-state index is 0.0448. The first kappa shape index (κ1) is 15.9. The smallest absolute Gasteiger partial charge is 0.353 e. The van der Waals surface area contributed by atoms with Gasteiger partial charge >= 0.3 is 5.69 Å². The van der Waals surface area contributed by atoms with E-state index < -0.39 is 4.92 Å². The fourth-order valence-corrected chi connectivity index (χ4v) is 1.86. The van der Waals surface area contributed by atoms with Crippen molar-refractivity contribution < 1.29 is 4.92 Å². The predicted molar refractivity (Wildman–Crippen MR) is 84.6 cm³/mol. The van der Waals surface area contributed by atoms with Gasteiger partial charge in [-0.15, -0.1) is 0 Å². The summed E-state index contributed by atoms with van der Waals surface area (Å²) in [6, 6.07) is 3.37. The Morgan fingerprint density at radius 1 is 1.36 bits per heavy atom.